The molecule has 0 bridgehead atoms. The van der Waals surface area contributed by atoms with E-state index in [1.54, 1.807) is 0 Å². The zero-order chi connectivity index (χ0) is 11.4. The summed E-state index contributed by atoms with van der Waals surface area (Å²) < 4.78 is 1.13. The molecule has 0 spiro atoms. The number of aromatic nitrogens is 1. The molecule has 0 N–H and O–H groups in total. The van der Waals surface area contributed by atoms with E-state index in [0.29, 0.717) is 5.92 Å². The van der Waals surface area contributed by atoms with Gasteiger partial charge in [0.2, 0.25) is 0 Å². The van der Waals surface area contributed by atoms with Crippen molar-refractivity contribution in [1.29, 1.82) is 0 Å². The molecule has 2 heteroatoms. The van der Waals surface area contributed by atoms with E-state index in [-0.39, 0.29) is 0 Å². The highest BCUT2D eigenvalue weighted by Crippen LogP contribution is 2.28. The van der Waals surface area contributed by atoms with Crippen molar-refractivity contribution in [3.8, 4) is 0 Å². The Morgan fingerprint density at radius 1 is 1.19 bits per heavy atom. The summed E-state index contributed by atoms with van der Waals surface area (Å²) in [4.78, 5) is 4.19. The second-order valence-corrected chi connectivity index (χ2v) is 4.72. The molecule has 1 unspecified atom stereocenters. The van der Waals surface area contributed by atoms with Crippen molar-refractivity contribution in [2.24, 2.45) is 0 Å². The predicted octanol–water partition coefficient (Wildman–Crippen LogP) is 4.39. The molecule has 16 heavy (non-hydrogen) atoms. The molecular weight excluding hydrogens is 262 g/mol. The molecule has 0 saturated carbocycles. The van der Waals surface area contributed by atoms with Gasteiger partial charge in [0, 0.05) is 22.8 Å². The Morgan fingerprint density at radius 2 is 2.00 bits per heavy atom. The molecule has 0 saturated heterocycles. The minimum Gasteiger partial charge on any atom is -0.264 e. The van der Waals surface area contributed by atoms with E-state index in [4.69, 9.17) is 0 Å². The van der Waals surface area contributed by atoms with Crippen molar-refractivity contribution in [3.63, 3.8) is 0 Å². The Kier molecular flexibility index (Phi) is 3.73. The molecule has 1 heterocycles. The van der Waals surface area contributed by atoms with Gasteiger partial charge < -0.3 is 0 Å². The van der Waals surface area contributed by atoms with Gasteiger partial charge in [-0.15, -0.1) is 0 Å². The summed E-state index contributed by atoms with van der Waals surface area (Å²) in [6.07, 6.45) is 4.86. The van der Waals surface area contributed by atoms with Gasteiger partial charge in [-0.05, 0) is 35.7 Å². The summed E-state index contributed by atoms with van der Waals surface area (Å²) >= 11 is 3.52. The lowest BCUT2D eigenvalue weighted by molar-refractivity contribution is 0.772. The monoisotopic (exact) mass is 275 g/mol. The van der Waals surface area contributed by atoms with Gasteiger partial charge in [-0.2, -0.15) is 0 Å². The summed E-state index contributed by atoms with van der Waals surface area (Å²) in [6.45, 7) is 2.21. The van der Waals surface area contributed by atoms with Crippen molar-refractivity contribution >= 4 is 15.9 Å². The fourth-order valence-corrected chi connectivity index (χ4v) is 2.39. The molecule has 0 amide bonds. The zero-order valence-corrected chi connectivity index (χ0v) is 10.8. The third kappa shape index (κ3) is 2.50. The van der Waals surface area contributed by atoms with Gasteiger partial charge in [-0.3, -0.25) is 4.98 Å². The van der Waals surface area contributed by atoms with Crippen molar-refractivity contribution in [3.05, 3.63) is 64.4 Å². The Balaban J connectivity index is 2.37. The number of rotatable bonds is 3. The molecule has 0 fully saturated rings. The largest absolute Gasteiger partial charge is 0.264 e. The first kappa shape index (κ1) is 11.3. The quantitative estimate of drug-likeness (QED) is 0.810. The van der Waals surface area contributed by atoms with E-state index in [2.05, 4.69) is 58.2 Å². The topological polar surface area (TPSA) is 12.9 Å². The van der Waals surface area contributed by atoms with E-state index in [9.17, 15) is 0 Å². The smallest absolute Gasteiger partial charge is 0.0306 e. The van der Waals surface area contributed by atoms with Crippen LogP contribution in [0.15, 0.2) is 53.3 Å². The lowest BCUT2D eigenvalue weighted by atomic mass is 9.90. The molecular formula is C14H14BrN. The lowest BCUT2D eigenvalue weighted by Crippen LogP contribution is -1.99. The Hall–Kier alpha value is -1.15. The minimum absolute atomic E-state index is 0.436. The van der Waals surface area contributed by atoms with Gasteiger partial charge in [-0.1, -0.05) is 41.1 Å². The SMILES string of the molecule is CCC(c1cccnc1)c1cccc(Br)c1. The number of hydrogen-bond acceptors (Lipinski definition) is 1. The van der Waals surface area contributed by atoms with E-state index in [1.807, 2.05) is 18.5 Å². The third-order valence-electron chi connectivity index (χ3n) is 2.75. The first-order valence-corrected chi connectivity index (χ1v) is 6.26. The van der Waals surface area contributed by atoms with E-state index in [0.717, 1.165) is 10.9 Å². The summed E-state index contributed by atoms with van der Waals surface area (Å²) in [5, 5.41) is 0. The van der Waals surface area contributed by atoms with Crippen LogP contribution >= 0.6 is 15.9 Å². The van der Waals surface area contributed by atoms with Gasteiger partial charge in [0.1, 0.15) is 0 Å². The van der Waals surface area contributed by atoms with Crippen LogP contribution in [0.3, 0.4) is 0 Å². The maximum atomic E-state index is 4.19. The highest BCUT2D eigenvalue weighted by atomic mass is 79.9. The normalized spacial score (nSPS) is 12.4. The molecule has 1 aromatic heterocycles. The molecule has 0 aliphatic carbocycles. The van der Waals surface area contributed by atoms with Crippen molar-refractivity contribution in [1.82, 2.24) is 4.98 Å². The maximum absolute atomic E-state index is 4.19. The highest BCUT2D eigenvalue weighted by molar-refractivity contribution is 9.10. The number of nitrogens with zero attached hydrogens (tertiary/aromatic N) is 1. The molecule has 0 aliphatic rings. The van der Waals surface area contributed by atoms with Crippen LogP contribution in [0.2, 0.25) is 0 Å². The lowest BCUT2D eigenvalue weighted by Gasteiger charge is -2.15. The Bertz CT molecular complexity index is 453. The fraction of sp³-hybridized carbons (Fsp3) is 0.214. The highest BCUT2D eigenvalue weighted by Gasteiger charge is 2.11. The molecule has 1 nitrogen and oxygen atoms in total. The van der Waals surface area contributed by atoms with Crippen molar-refractivity contribution < 1.29 is 0 Å². The predicted molar refractivity (Wildman–Crippen MR) is 70.5 cm³/mol. The molecule has 2 rings (SSSR count). The molecule has 2 aromatic rings. The van der Waals surface area contributed by atoms with E-state index >= 15 is 0 Å². The van der Waals surface area contributed by atoms with Crippen LogP contribution in [-0.4, -0.2) is 4.98 Å². The first-order chi connectivity index (χ1) is 7.81. The van der Waals surface area contributed by atoms with Crippen LogP contribution in [0.25, 0.3) is 0 Å². The van der Waals surface area contributed by atoms with Gasteiger partial charge >= 0.3 is 0 Å². The first-order valence-electron chi connectivity index (χ1n) is 5.46. The second-order valence-electron chi connectivity index (χ2n) is 3.80. The van der Waals surface area contributed by atoms with Crippen LogP contribution in [0.1, 0.15) is 30.4 Å². The fourth-order valence-electron chi connectivity index (χ4n) is 1.97. The molecule has 82 valence electrons. The molecule has 0 radical (unpaired) electrons. The Labute approximate surface area is 105 Å². The number of pyridine rings is 1. The van der Waals surface area contributed by atoms with Crippen LogP contribution in [0.4, 0.5) is 0 Å². The Morgan fingerprint density at radius 3 is 2.62 bits per heavy atom. The van der Waals surface area contributed by atoms with Crippen molar-refractivity contribution in [2.75, 3.05) is 0 Å². The van der Waals surface area contributed by atoms with Crippen LogP contribution in [-0.2, 0) is 0 Å². The zero-order valence-electron chi connectivity index (χ0n) is 9.23. The van der Waals surface area contributed by atoms with Gasteiger partial charge in [0.25, 0.3) is 0 Å². The number of benzene rings is 1. The molecule has 0 aliphatic heterocycles. The number of halogens is 1. The number of hydrogen-bond donors (Lipinski definition) is 0. The summed E-state index contributed by atoms with van der Waals surface area (Å²) in [5.41, 5.74) is 2.62. The van der Waals surface area contributed by atoms with Gasteiger partial charge in [-0.25, -0.2) is 0 Å². The van der Waals surface area contributed by atoms with Gasteiger partial charge in [0.05, 0.1) is 0 Å². The average molecular weight is 276 g/mol. The molecule has 1 atom stereocenters. The molecule has 1 aromatic carbocycles. The summed E-state index contributed by atoms with van der Waals surface area (Å²) in [7, 11) is 0. The standard InChI is InChI=1S/C14H14BrN/c1-2-14(12-6-4-8-16-10-12)11-5-3-7-13(15)9-11/h3-10,14H,2H2,1H3. The minimum atomic E-state index is 0.436. The van der Waals surface area contributed by atoms with Crippen LogP contribution in [0, 0.1) is 0 Å². The van der Waals surface area contributed by atoms with Crippen LogP contribution in [0.5, 0.6) is 0 Å². The third-order valence-corrected chi connectivity index (χ3v) is 3.24. The average Bonchev–Trinajstić information content (AvgIpc) is 2.31. The maximum Gasteiger partial charge on any atom is 0.0306 e. The van der Waals surface area contributed by atoms with Crippen LogP contribution < -0.4 is 0 Å². The van der Waals surface area contributed by atoms with E-state index < -0.39 is 0 Å². The summed E-state index contributed by atoms with van der Waals surface area (Å²) in [6, 6.07) is 12.6. The summed E-state index contributed by atoms with van der Waals surface area (Å²) in [5.74, 6) is 0.436. The van der Waals surface area contributed by atoms with E-state index in [1.165, 1.54) is 11.1 Å². The second kappa shape index (κ2) is 5.26. The van der Waals surface area contributed by atoms with Gasteiger partial charge in [0.15, 0.2) is 0 Å². The van der Waals surface area contributed by atoms with Crippen molar-refractivity contribution in [2.45, 2.75) is 19.3 Å².